The van der Waals surface area contributed by atoms with Gasteiger partial charge in [0.15, 0.2) is 11.6 Å². The predicted octanol–water partition coefficient (Wildman–Crippen LogP) is 2.23. The van der Waals surface area contributed by atoms with Gasteiger partial charge in [0.25, 0.3) is 0 Å². The topological polar surface area (TPSA) is 105 Å². The Balaban J connectivity index is 1.70. The van der Waals surface area contributed by atoms with E-state index in [-0.39, 0.29) is 11.7 Å². The number of benzene rings is 1. The van der Waals surface area contributed by atoms with Crippen molar-refractivity contribution in [1.29, 1.82) is 0 Å². The molecule has 0 fully saturated rings. The lowest BCUT2D eigenvalue weighted by Crippen LogP contribution is -2.10. The van der Waals surface area contributed by atoms with E-state index in [4.69, 9.17) is 4.52 Å². The van der Waals surface area contributed by atoms with Crippen LogP contribution < -0.4 is 5.69 Å². The van der Waals surface area contributed by atoms with Gasteiger partial charge in [-0.2, -0.15) is 5.10 Å². The molecule has 8 heteroatoms. The van der Waals surface area contributed by atoms with Gasteiger partial charge >= 0.3 is 5.69 Å². The summed E-state index contributed by atoms with van der Waals surface area (Å²) in [5.74, 6) is 1.67. The third kappa shape index (κ3) is 2.43. The molecule has 0 saturated carbocycles. The number of H-pyrrole nitrogens is 2. The molecule has 3 aromatic heterocycles. The Hall–Kier alpha value is -3.42. The number of nitrogens with zero attached hydrogens (tertiary/aromatic N) is 4. The Morgan fingerprint density at radius 3 is 2.83 bits per heavy atom. The fraction of sp³-hybridized carbons (Fsp3) is 0.125. The quantitative estimate of drug-likeness (QED) is 0.599. The molecule has 0 aliphatic rings. The van der Waals surface area contributed by atoms with E-state index in [0.717, 1.165) is 11.3 Å². The van der Waals surface area contributed by atoms with E-state index < -0.39 is 0 Å². The molecule has 0 saturated heterocycles. The minimum atomic E-state index is -0.343. The largest absolute Gasteiger partial charge is 0.352 e. The smallest absolute Gasteiger partial charge is 0.340 e. The second kappa shape index (κ2) is 5.65. The van der Waals surface area contributed by atoms with Gasteiger partial charge in [0.2, 0.25) is 5.76 Å². The van der Waals surface area contributed by atoms with E-state index in [1.165, 1.54) is 0 Å². The number of nitrogens with one attached hydrogen (secondary N) is 2. The summed E-state index contributed by atoms with van der Waals surface area (Å²) < 4.78 is 7.32. The van der Waals surface area contributed by atoms with Crippen molar-refractivity contribution in [3.63, 3.8) is 0 Å². The van der Waals surface area contributed by atoms with Gasteiger partial charge < -0.3 is 9.09 Å². The number of hydrogen-bond acceptors (Lipinski definition) is 5. The van der Waals surface area contributed by atoms with E-state index in [1.54, 1.807) is 12.4 Å². The lowest BCUT2D eigenvalue weighted by molar-refractivity contribution is 0.428. The maximum absolute atomic E-state index is 11.3. The van der Waals surface area contributed by atoms with Crippen LogP contribution >= 0.6 is 0 Å². The highest BCUT2D eigenvalue weighted by atomic mass is 16.5. The summed E-state index contributed by atoms with van der Waals surface area (Å²) in [7, 11) is 0. The monoisotopic (exact) mass is 322 g/mol. The van der Waals surface area contributed by atoms with E-state index in [0.29, 0.717) is 17.4 Å². The molecule has 1 atom stereocenters. The molecule has 2 N–H and O–H groups in total. The lowest BCUT2D eigenvalue weighted by atomic mass is 10.1. The second-order valence-corrected chi connectivity index (χ2v) is 5.34. The first kappa shape index (κ1) is 14.2. The average Bonchev–Trinajstić information content (AvgIpc) is 3.34. The first-order valence-corrected chi connectivity index (χ1v) is 7.42. The number of rotatable bonds is 4. The Morgan fingerprint density at radius 2 is 2.08 bits per heavy atom. The molecule has 4 rings (SSSR count). The minimum Gasteiger partial charge on any atom is -0.352 e. The van der Waals surface area contributed by atoms with Gasteiger partial charge in [0, 0.05) is 24.0 Å². The summed E-state index contributed by atoms with van der Waals surface area (Å²) in [5, 5.41) is 10.4. The molecule has 120 valence electrons. The van der Waals surface area contributed by atoms with Crippen LogP contribution in [-0.2, 0) is 0 Å². The zero-order valence-electron chi connectivity index (χ0n) is 12.8. The summed E-state index contributed by atoms with van der Waals surface area (Å²) in [5.41, 5.74) is 1.36. The first-order valence-electron chi connectivity index (χ1n) is 7.42. The van der Waals surface area contributed by atoms with Crippen molar-refractivity contribution in [3.8, 4) is 22.8 Å². The van der Waals surface area contributed by atoms with Gasteiger partial charge in [-0.15, -0.1) is 0 Å². The van der Waals surface area contributed by atoms with Crippen LogP contribution in [-0.4, -0.2) is 29.9 Å². The summed E-state index contributed by atoms with van der Waals surface area (Å²) in [6.07, 6.45) is 3.47. The van der Waals surface area contributed by atoms with Gasteiger partial charge in [0.1, 0.15) is 5.69 Å². The predicted molar refractivity (Wildman–Crippen MR) is 86.2 cm³/mol. The molecule has 0 amide bonds. The van der Waals surface area contributed by atoms with Crippen molar-refractivity contribution in [2.45, 2.75) is 13.0 Å². The van der Waals surface area contributed by atoms with Crippen molar-refractivity contribution >= 4 is 0 Å². The summed E-state index contributed by atoms with van der Waals surface area (Å²) in [4.78, 5) is 18.3. The highest BCUT2D eigenvalue weighted by Crippen LogP contribution is 2.27. The summed E-state index contributed by atoms with van der Waals surface area (Å²) in [6, 6.07) is 11.4. The van der Waals surface area contributed by atoms with E-state index in [2.05, 4.69) is 25.3 Å². The summed E-state index contributed by atoms with van der Waals surface area (Å²) in [6.45, 7) is 1.91. The molecular weight excluding hydrogens is 308 g/mol. The molecule has 0 unspecified atom stereocenters. The molecule has 8 nitrogen and oxygen atoms in total. The number of aromatic amines is 2. The first-order chi connectivity index (χ1) is 11.7. The van der Waals surface area contributed by atoms with Crippen LogP contribution in [0.2, 0.25) is 0 Å². The molecule has 1 aromatic carbocycles. The van der Waals surface area contributed by atoms with E-state index in [1.807, 2.05) is 47.9 Å². The zero-order valence-corrected chi connectivity index (χ0v) is 12.8. The van der Waals surface area contributed by atoms with Crippen LogP contribution in [0.25, 0.3) is 22.8 Å². The molecule has 3 heterocycles. The van der Waals surface area contributed by atoms with Gasteiger partial charge in [-0.1, -0.05) is 35.5 Å². The summed E-state index contributed by atoms with van der Waals surface area (Å²) >= 11 is 0. The normalized spacial score (nSPS) is 12.4. The van der Waals surface area contributed by atoms with Crippen molar-refractivity contribution in [2.75, 3.05) is 0 Å². The Kier molecular flexibility index (Phi) is 3.34. The molecular formula is C16H14N6O2. The Bertz CT molecular complexity index is 1010. The lowest BCUT2D eigenvalue weighted by Gasteiger charge is -2.11. The number of imidazole rings is 1. The van der Waals surface area contributed by atoms with Crippen LogP contribution in [0.5, 0.6) is 0 Å². The van der Waals surface area contributed by atoms with E-state index in [9.17, 15) is 4.79 Å². The van der Waals surface area contributed by atoms with Crippen LogP contribution in [0.15, 0.2) is 58.1 Å². The fourth-order valence-electron chi connectivity index (χ4n) is 2.55. The molecule has 24 heavy (non-hydrogen) atoms. The Labute approximate surface area is 136 Å². The highest BCUT2D eigenvalue weighted by molar-refractivity contribution is 5.63. The molecule has 4 aromatic rings. The average molecular weight is 322 g/mol. The number of hydrogen-bond donors (Lipinski definition) is 2. The molecule has 0 bridgehead atoms. The van der Waals surface area contributed by atoms with Crippen LogP contribution in [0.4, 0.5) is 0 Å². The van der Waals surface area contributed by atoms with Crippen LogP contribution in [0.1, 0.15) is 18.8 Å². The van der Waals surface area contributed by atoms with Gasteiger partial charge in [-0.25, -0.2) is 14.9 Å². The number of aromatic nitrogens is 6. The molecule has 0 aliphatic carbocycles. The van der Waals surface area contributed by atoms with Gasteiger partial charge in [-0.3, -0.25) is 4.98 Å². The second-order valence-electron chi connectivity index (χ2n) is 5.34. The third-order valence-corrected chi connectivity index (χ3v) is 3.80. The maximum Gasteiger partial charge on any atom is 0.340 e. The third-order valence-electron chi connectivity index (χ3n) is 3.80. The molecule has 0 spiro atoms. The molecule has 0 aliphatic heterocycles. The van der Waals surface area contributed by atoms with E-state index >= 15 is 0 Å². The van der Waals surface area contributed by atoms with Crippen molar-refractivity contribution in [2.24, 2.45) is 0 Å². The van der Waals surface area contributed by atoms with Crippen LogP contribution in [0, 0.1) is 0 Å². The maximum atomic E-state index is 11.3. The standard InChI is InChI=1S/C16H14N6O2/c1-10(14-18-16(23)20-19-14)22-8-7-17-15(22)13-9-12(21-24-13)11-5-3-2-4-6-11/h2-10H,1H3,(H2,18,19,20,23)/t10-/m0/s1. The molecule has 0 radical (unpaired) electrons. The van der Waals surface area contributed by atoms with Gasteiger partial charge in [0.05, 0.1) is 6.04 Å². The van der Waals surface area contributed by atoms with Gasteiger partial charge in [-0.05, 0) is 6.92 Å². The minimum absolute atomic E-state index is 0.216. The Morgan fingerprint density at radius 1 is 1.25 bits per heavy atom. The highest BCUT2D eigenvalue weighted by Gasteiger charge is 2.19. The fourth-order valence-corrected chi connectivity index (χ4v) is 2.55. The van der Waals surface area contributed by atoms with Crippen molar-refractivity contribution in [3.05, 3.63) is 65.1 Å². The zero-order chi connectivity index (χ0) is 16.5. The SMILES string of the molecule is C[C@@H](c1n[nH]c(=O)[nH]1)n1ccnc1-c1cc(-c2ccccc2)no1. The van der Waals surface area contributed by atoms with Crippen molar-refractivity contribution < 1.29 is 4.52 Å². The van der Waals surface area contributed by atoms with Crippen molar-refractivity contribution in [1.82, 2.24) is 29.9 Å². The van der Waals surface area contributed by atoms with Crippen LogP contribution in [0.3, 0.4) is 0 Å².